The molecule has 132 valence electrons. The van der Waals surface area contributed by atoms with Crippen molar-refractivity contribution in [2.75, 3.05) is 5.32 Å². The lowest BCUT2D eigenvalue weighted by Crippen LogP contribution is -2.28. The summed E-state index contributed by atoms with van der Waals surface area (Å²) in [6, 6.07) is 14.1. The fourth-order valence-corrected chi connectivity index (χ4v) is 4.38. The van der Waals surface area contributed by atoms with Gasteiger partial charge in [-0.25, -0.2) is 13.1 Å². The molecule has 0 saturated carbocycles. The Hall–Kier alpha value is -2.18. The average molecular weight is 358 g/mol. The van der Waals surface area contributed by atoms with E-state index in [2.05, 4.69) is 10.0 Å². The van der Waals surface area contributed by atoms with E-state index in [0.29, 0.717) is 12.1 Å². The molecule has 0 bridgehead atoms. The molecule has 2 aromatic rings. The number of rotatable bonds is 6. The van der Waals surface area contributed by atoms with Crippen molar-refractivity contribution in [2.24, 2.45) is 0 Å². The minimum Gasteiger partial charge on any atom is -0.325 e. The third kappa shape index (κ3) is 3.60. The van der Waals surface area contributed by atoms with Crippen molar-refractivity contribution in [3.8, 4) is 0 Å². The molecule has 1 amide bonds. The van der Waals surface area contributed by atoms with Crippen molar-refractivity contribution in [2.45, 2.75) is 43.5 Å². The molecular weight excluding hydrogens is 336 g/mol. The van der Waals surface area contributed by atoms with Gasteiger partial charge in [0.05, 0.1) is 10.8 Å². The Morgan fingerprint density at radius 3 is 2.56 bits per heavy atom. The highest BCUT2D eigenvalue weighted by Crippen LogP contribution is 2.34. The Kier molecular flexibility index (Phi) is 4.92. The van der Waals surface area contributed by atoms with Gasteiger partial charge in [-0.05, 0) is 42.7 Å². The van der Waals surface area contributed by atoms with Crippen LogP contribution in [0.3, 0.4) is 0 Å². The number of sulfonamides is 1. The van der Waals surface area contributed by atoms with Gasteiger partial charge in [0, 0.05) is 11.7 Å². The van der Waals surface area contributed by atoms with Crippen molar-refractivity contribution in [1.29, 1.82) is 0 Å². The number of benzene rings is 2. The van der Waals surface area contributed by atoms with Crippen LogP contribution in [0.4, 0.5) is 5.69 Å². The first-order chi connectivity index (χ1) is 11.9. The van der Waals surface area contributed by atoms with E-state index in [1.54, 1.807) is 19.1 Å². The molecule has 0 fully saturated rings. The van der Waals surface area contributed by atoms with Crippen LogP contribution in [0.25, 0.3) is 0 Å². The molecule has 0 radical (unpaired) electrons. The molecule has 3 rings (SSSR count). The smallest absolute Gasteiger partial charge is 0.241 e. The van der Waals surface area contributed by atoms with Gasteiger partial charge < -0.3 is 5.32 Å². The Morgan fingerprint density at radius 2 is 1.88 bits per heavy atom. The van der Waals surface area contributed by atoms with Gasteiger partial charge in [-0.15, -0.1) is 0 Å². The molecule has 25 heavy (non-hydrogen) atoms. The van der Waals surface area contributed by atoms with Crippen molar-refractivity contribution < 1.29 is 13.2 Å². The number of hydrogen-bond acceptors (Lipinski definition) is 3. The Morgan fingerprint density at radius 1 is 1.16 bits per heavy atom. The van der Waals surface area contributed by atoms with Crippen molar-refractivity contribution in [1.82, 2.24) is 4.72 Å². The fourth-order valence-electron chi connectivity index (χ4n) is 3.09. The molecule has 2 N–H and O–H groups in total. The van der Waals surface area contributed by atoms with E-state index < -0.39 is 10.0 Å². The van der Waals surface area contributed by atoms with Crippen LogP contribution in [0.2, 0.25) is 0 Å². The van der Waals surface area contributed by atoms with Gasteiger partial charge in [0.25, 0.3) is 0 Å². The maximum absolute atomic E-state index is 12.9. The number of hydrogen-bond donors (Lipinski definition) is 2. The second-order valence-electron chi connectivity index (χ2n) is 6.33. The van der Waals surface area contributed by atoms with Crippen LogP contribution in [0.15, 0.2) is 53.4 Å². The largest absolute Gasteiger partial charge is 0.325 e. The van der Waals surface area contributed by atoms with E-state index in [1.165, 1.54) is 6.07 Å². The first-order valence-electron chi connectivity index (χ1n) is 8.44. The summed E-state index contributed by atoms with van der Waals surface area (Å²) in [5, 5.41) is 2.76. The number of fused-ring (bicyclic) bond motifs is 1. The zero-order chi connectivity index (χ0) is 18.0. The number of carbonyl (C=O) groups is 1. The highest BCUT2D eigenvalue weighted by Gasteiger charge is 2.29. The maximum atomic E-state index is 12.9. The van der Waals surface area contributed by atoms with Crippen LogP contribution >= 0.6 is 0 Å². The third-order valence-corrected chi connectivity index (χ3v) is 6.00. The first kappa shape index (κ1) is 17.6. The van der Waals surface area contributed by atoms with E-state index in [1.807, 2.05) is 37.3 Å². The topological polar surface area (TPSA) is 75.3 Å². The lowest BCUT2D eigenvalue weighted by atomic mass is 10.0. The summed E-state index contributed by atoms with van der Waals surface area (Å²) in [6.45, 7) is 3.80. The van der Waals surface area contributed by atoms with Gasteiger partial charge in [0.1, 0.15) is 0 Å². The molecule has 2 aromatic carbocycles. The zero-order valence-corrected chi connectivity index (χ0v) is 15.1. The second-order valence-corrected chi connectivity index (χ2v) is 8.05. The van der Waals surface area contributed by atoms with Crippen LogP contribution in [-0.4, -0.2) is 14.3 Å². The molecule has 1 aliphatic heterocycles. The number of nitrogens with one attached hydrogen (secondary N) is 2. The van der Waals surface area contributed by atoms with Gasteiger partial charge in [-0.2, -0.15) is 0 Å². The summed E-state index contributed by atoms with van der Waals surface area (Å²) in [7, 11) is -3.68. The molecule has 5 nitrogen and oxygen atoms in total. The van der Waals surface area contributed by atoms with E-state index in [-0.39, 0.29) is 22.8 Å². The lowest BCUT2D eigenvalue weighted by Gasteiger charge is -2.19. The first-order valence-corrected chi connectivity index (χ1v) is 9.92. The fraction of sp³-hybridized carbons (Fsp3) is 0.316. The Balaban J connectivity index is 1.90. The minimum atomic E-state index is -3.68. The highest BCUT2D eigenvalue weighted by atomic mass is 32.2. The SMILES string of the molecule is CCC[C@H](NS(=O)(=O)c1ccc2c(c1)[C@@H](C)C(=O)N2)c1ccccc1. The minimum absolute atomic E-state index is 0.106. The van der Waals surface area contributed by atoms with Gasteiger partial charge in [0.2, 0.25) is 15.9 Å². The number of carbonyl (C=O) groups excluding carboxylic acids is 1. The molecular formula is C19H22N2O3S. The van der Waals surface area contributed by atoms with Crippen LogP contribution in [0, 0.1) is 0 Å². The van der Waals surface area contributed by atoms with Gasteiger partial charge in [-0.1, -0.05) is 43.7 Å². The molecule has 1 heterocycles. The van der Waals surface area contributed by atoms with Crippen molar-refractivity contribution >= 4 is 21.6 Å². The summed E-state index contributed by atoms with van der Waals surface area (Å²) in [4.78, 5) is 12.0. The van der Waals surface area contributed by atoms with Gasteiger partial charge >= 0.3 is 0 Å². The number of anilines is 1. The number of amides is 1. The van der Waals surface area contributed by atoms with Crippen LogP contribution < -0.4 is 10.0 Å². The molecule has 0 spiro atoms. The standard InChI is InChI=1S/C19H22N2O3S/c1-3-7-17(14-8-5-4-6-9-14)21-25(23,24)15-10-11-18-16(12-15)13(2)19(22)20-18/h4-6,8-13,17,21H,3,7H2,1-2H3,(H,20,22)/t13-,17+/m1/s1. The van der Waals surface area contributed by atoms with E-state index >= 15 is 0 Å². The van der Waals surface area contributed by atoms with Gasteiger partial charge in [-0.3, -0.25) is 4.79 Å². The summed E-state index contributed by atoms with van der Waals surface area (Å²) in [5.41, 5.74) is 2.35. The van der Waals surface area contributed by atoms with Crippen LogP contribution in [-0.2, 0) is 14.8 Å². The predicted octanol–water partition coefficient (Wildman–Crippen LogP) is 3.56. The maximum Gasteiger partial charge on any atom is 0.241 e. The second kappa shape index (κ2) is 6.98. The van der Waals surface area contributed by atoms with E-state index in [9.17, 15) is 13.2 Å². The third-order valence-electron chi connectivity index (χ3n) is 4.53. The molecule has 0 aromatic heterocycles. The summed E-state index contributed by atoms with van der Waals surface area (Å²) in [6.07, 6.45) is 1.58. The van der Waals surface area contributed by atoms with Crippen LogP contribution in [0.5, 0.6) is 0 Å². The molecule has 0 aliphatic carbocycles. The molecule has 2 atom stereocenters. The Bertz CT molecular complexity index is 879. The summed E-state index contributed by atoms with van der Waals surface area (Å²) in [5.74, 6) is -0.448. The lowest BCUT2D eigenvalue weighted by molar-refractivity contribution is -0.116. The van der Waals surface area contributed by atoms with Crippen LogP contribution in [0.1, 0.15) is 49.8 Å². The quantitative estimate of drug-likeness (QED) is 0.829. The highest BCUT2D eigenvalue weighted by molar-refractivity contribution is 7.89. The normalized spacial score (nSPS) is 17.8. The van der Waals surface area contributed by atoms with E-state index in [0.717, 1.165) is 17.5 Å². The van der Waals surface area contributed by atoms with Gasteiger partial charge in [0.15, 0.2) is 0 Å². The summed E-state index contributed by atoms with van der Waals surface area (Å²) >= 11 is 0. The summed E-state index contributed by atoms with van der Waals surface area (Å²) < 4.78 is 28.5. The predicted molar refractivity (Wildman–Crippen MR) is 97.9 cm³/mol. The molecule has 0 unspecified atom stereocenters. The molecule has 1 aliphatic rings. The monoisotopic (exact) mass is 358 g/mol. The molecule has 6 heteroatoms. The van der Waals surface area contributed by atoms with Crippen molar-refractivity contribution in [3.63, 3.8) is 0 Å². The van der Waals surface area contributed by atoms with Crippen molar-refractivity contribution in [3.05, 3.63) is 59.7 Å². The molecule has 0 saturated heterocycles. The average Bonchev–Trinajstić information content (AvgIpc) is 2.89. The Labute approximate surface area is 148 Å². The zero-order valence-electron chi connectivity index (χ0n) is 14.3. The van der Waals surface area contributed by atoms with E-state index in [4.69, 9.17) is 0 Å².